The number of carbonyl (C=O) groups excluding carboxylic acids is 1. The van der Waals surface area contributed by atoms with Crippen molar-refractivity contribution in [1.82, 2.24) is 5.32 Å². The molecule has 2 atom stereocenters. The van der Waals surface area contributed by atoms with Crippen molar-refractivity contribution in [2.45, 2.75) is 25.0 Å². The van der Waals surface area contributed by atoms with Gasteiger partial charge in [0.25, 0.3) is 5.91 Å². The average molecular weight is 311 g/mol. The molecule has 120 valence electrons. The standard InChI is InChI=1S/C19H21NO3/c1-19(22,15-8-3-2-4-9-15)13-20-18(21)17-16-10-6-5-7-14(16)11-12-23-17/h2-10,17,22H,11-13H2,1H3,(H,20,21). The minimum Gasteiger partial charge on any atom is -0.384 e. The van der Waals surface area contributed by atoms with E-state index in [9.17, 15) is 9.90 Å². The van der Waals surface area contributed by atoms with Gasteiger partial charge in [-0.15, -0.1) is 0 Å². The molecule has 0 radical (unpaired) electrons. The fourth-order valence-electron chi connectivity index (χ4n) is 2.86. The summed E-state index contributed by atoms with van der Waals surface area (Å²) in [5.41, 5.74) is 1.71. The molecule has 0 aliphatic carbocycles. The summed E-state index contributed by atoms with van der Waals surface area (Å²) in [6, 6.07) is 17.2. The largest absolute Gasteiger partial charge is 0.384 e. The van der Waals surface area contributed by atoms with Crippen molar-refractivity contribution < 1.29 is 14.6 Å². The molecule has 0 fully saturated rings. The maximum atomic E-state index is 12.5. The molecule has 2 aromatic rings. The number of rotatable bonds is 4. The predicted molar refractivity (Wildman–Crippen MR) is 87.9 cm³/mol. The van der Waals surface area contributed by atoms with Gasteiger partial charge < -0.3 is 15.2 Å². The zero-order chi connectivity index (χ0) is 16.3. The van der Waals surface area contributed by atoms with E-state index in [0.717, 1.165) is 23.1 Å². The van der Waals surface area contributed by atoms with E-state index in [1.165, 1.54) is 0 Å². The smallest absolute Gasteiger partial charge is 0.253 e. The Morgan fingerprint density at radius 3 is 2.70 bits per heavy atom. The van der Waals surface area contributed by atoms with Crippen LogP contribution < -0.4 is 5.32 Å². The molecule has 4 nitrogen and oxygen atoms in total. The minimum absolute atomic E-state index is 0.137. The Bertz CT molecular complexity index is 682. The fraction of sp³-hybridized carbons (Fsp3) is 0.316. The minimum atomic E-state index is -1.12. The molecule has 1 heterocycles. The maximum absolute atomic E-state index is 12.5. The van der Waals surface area contributed by atoms with Crippen molar-refractivity contribution in [1.29, 1.82) is 0 Å². The molecule has 1 aliphatic rings. The van der Waals surface area contributed by atoms with Crippen LogP contribution in [0.5, 0.6) is 0 Å². The van der Waals surface area contributed by atoms with Crippen LogP contribution in [0, 0.1) is 0 Å². The van der Waals surface area contributed by atoms with Gasteiger partial charge in [-0.1, -0.05) is 54.6 Å². The summed E-state index contributed by atoms with van der Waals surface area (Å²) in [6.45, 7) is 2.36. The molecule has 0 bridgehead atoms. The first-order valence-electron chi connectivity index (χ1n) is 7.83. The Hall–Kier alpha value is -2.17. The second-order valence-corrected chi connectivity index (χ2v) is 6.06. The summed E-state index contributed by atoms with van der Waals surface area (Å²) in [5.74, 6) is -0.214. The van der Waals surface area contributed by atoms with E-state index in [4.69, 9.17) is 4.74 Å². The third kappa shape index (κ3) is 3.44. The third-order valence-corrected chi connectivity index (χ3v) is 4.23. The Morgan fingerprint density at radius 1 is 1.22 bits per heavy atom. The van der Waals surface area contributed by atoms with E-state index in [1.54, 1.807) is 6.92 Å². The molecule has 0 saturated carbocycles. The lowest BCUT2D eigenvalue weighted by molar-refractivity contribution is -0.135. The first kappa shape index (κ1) is 15.7. The Kier molecular flexibility index (Phi) is 4.46. The summed E-state index contributed by atoms with van der Waals surface area (Å²) < 4.78 is 5.64. The quantitative estimate of drug-likeness (QED) is 0.911. The Morgan fingerprint density at radius 2 is 1.91 bits per heavy atom. The topological polar surface area (TPSA) is 58.6 Å². The number of hydrogen-bond donors (Lipinski definition) is 2. The normalized spacial score (nSPS) is 19.5. The second kappa shape index (κ2) is 6.52. The first-order valence-corrected chi connectivity index (χ1v) is 7.83. The number of carbonyl (C=O) groups is 1. The zero-order valence-electron chi connectivity index (χ0n) is 13.2. The van der Waals surface area contributed by atoms with Crippen molar-refractivity contribution in [3.8, 4) is 0 Å². The molecule has 1 amide bonds. The summed E-state index contributed by atoms with van der Waals surface area (Å²) in [7, 11) is 0. The molecule has 1 aliphatic heterocycles. The van der Waals surface area contributed by atoms with E-state index in [0.29, 0.717) is 6.61 Å². The van der Waals surface area contributed by atoms with E-state index in [1.807, 2.05) is 54.6 Å². The third-order valence-electron chi connectivity index (χ3n) is 4.23. The Labute approximate surface area is 136 Å². The lowest BCUT2D eigenvalue weighted by Gasteiger charge is -2.28. The highest BCUT2D eigenvalue weighted by Gasteiger charge is 2.29. The van der Waals surface area contributed by atoms with Crippen LogP contribution >= 0.6 is 0 Å². The van der Waals surface area contributed by atoms with Crippen LogP contribution in [0.1, 0.15) is 29.7 Å². The highest BCUT2D eigenvalue weighted by Crippen LogP contribution is 2.27. The Balaban J connectivity index is 1.69. The van der Waals surface area contributed by atoms with Gasteiger partial charge in [0, 0.05) is 0 Å². The van der Waals surface area contributed by atoms with Gasteiger partial charge >= 0.3 is 0 Å². The molecule has 23 heavy (non-hydrogen) atoms. The zero-order valence-corrected chi connectivity index (χ0v) is 13.2. The molecule has 0 spiro atoms. The SMILES string of the molecule is CC(O)(CNC(=O)C1OCCc2ccccc21)c1ccccc1. The van der Waals surface area contributed by atoms with Crippen LogP contribution in [0.25, 0.3) is 0 Å². The number of aliphatic hydroxyl groups is 1. The molecule has 0 aromatic heterocycles. The molecule has 3 rings (SSSR count). The van der Waals surface area contributed by atoms with Crippen LogP contribution in [0.4, 0.5) is 0 Å². The van der Waals surface area contributed by atoms with Gasteiger partial charge in [0.15, 0.2) is 6.10 Å². The molecule has 0 saturated heterocycles. The van der Waals surface area contributed by atoms with Gasteiger partial charge in [-0.05, 0) is 30.0 Å². The number of benzene rings is 2. The lowest BCUT2D eigenvalue weighted by atomic mass is 9.95. The second-order valence-electron chi connectivity index (χ2n) is 6.06. The highest BCUT2D eigenvalue weighted by molar-refractivity contribution is 5.83. The molecule has 2 aromatic carbocycles. The van der Waals surface area contributed by atoms with Crippen molar-refractivity contribution in [3.63, 3.8) is 0 Å². The molecule has 2 N–H and O–H groups in total. The summed E-state index contributed by atoms with van der Waals surface area (Å²) in [4.78, 5) is 12.5. The van der Waals surface area contributed by atoms with Crippen molar-refractivity contribution in [3.05, 3.63) is 71.3 Å². The summed E-state index contributed by atoms with van der Waals surface area (Å²) in [5, 5.41) is 13.4. The van der Waals surface area contributed by atoms with E-state index in [2.05, 4.69) is 5.32 Å². The van der Waals surface area contributed by atoms with Crippen LogP contribution in [0.3, 0.4) is 0 Å². The van der Waals surface area contributed by atoms with Gasteiger partial charge in [0.1, 0.15) is 5.60 Å². The predicted octanol–water partition coefficient (Wildman–Crippen LogP) is 2.32. The molecule has 4 heteroatoms. The van der Waals surface area contributed by atoms with E-state index < -0.39 is 11.7 Å². The molecule has 2 unspecified atom stereocenters. The highest BCUT2D eigenvalue weighted by atomic mass is 16.5. The van der Waals surface area contributed by atoms with Gasteiger partial charge in [-0.3, -0.25) is 4.79 Å². The van der Waals surface area contributed by atoms with Crippen LogP contribution in [-0.2, 0) is 21.6 Å². The number of fused-ring (bicyclic) bond motifs is 1. The van der Waals surface area contributed by atoms with E-state index >= 15 is 0 Å². The van der Waals surface area contributed by atoms with Crippen LogP contribution in [-0.4, -0.2) is 24.2 Å². The maximum Gasteiger partial charge on any atom is 0.253 e. The number of hydrogen-bond acceptors (Lipinski definition) is 3. The van der Waals surface area contributed by atoms with Crippen molar-refractivity contribution in [2.24, 2.45) is 0 Å². The molecular weight excluding hydrogens is 290 g/mol. The fourth-order valence-corrected chi connectivity index (χ4v) is 2.86. The number of ether oxygens (including phenoxy) is 1. The average Bonchev–Trinajstić information content (AvgIpc) is 2.60. The van der Waals surface area contributed by atoms with Crippen molar-refractivity contribution in [2.75, 3.05) is 13.2 Å². The monoisotopic (exact) mass is 311 g/mol. The summed E-state index contributed by atoms with van der Waals surface area (Å²) in [6.07, 6.45) is 0.216. The molecular formula is C19H21NO3. The number of amides is 1. The summed E-state index contributed by atoms with van der Waals surface area (Å²) >= 11 is 0. The van der Waals surface area contributed by atoms with Crippen LogP contribution in [0.2, 0.25) is 0 Å². The van der Waals surface area contributed by atoms with Gasteiger partial charge in [0.2, 0.25) is 0 Å². The van der Waals surface area contributed by atoms with Crippen LogP contribution in [0.15, 0.2) is 54.6 Å². The lowest BCUT2D eigenvalue weighted by Crippen LogP contribution is -2.42. The van der Waals surface area contributed by atoms with Gasteiger partial charge in [0.05, 0.1) is 13.2 Å². The van der Waals surface area contributed by atoms with Gasteiger partial charge in [-0.2, -0.15) is 0 Å². The van der Waals surface area contributed by atoms with Crippen molar-refractivity contribution >= 4 is 5.91 Å². The van der Waals surface area contributed by atoms with E-state index in [-0.39, 0.29) is 12.5 Å². The number of nitrogens with one attached hydrogen (secondary N) is 1. The van der Waals surface area contributed by atoms with Gasteiger partial charge in [-0.25, -0.2) is 0 Å². The first-order chi connectivity index (χ1) is 11.1.